The van der Waals surface area contributed by atoms with Crippen LogP contribution in [0.5, 0.6) is 11.5 Å². The summed E-state index contributed by atoms with van der Waals surface area (Å²) in [5, 5.41) is 19.4. The zero-order chi connectivity index (χ0) is 11.9. The van der Waals surface area contributed by atoms with Gasteiger partial charge in [0.25, 0.3) is 10.1 Å². The molecule has 3 N–H and O–H groups in total. The van der Waals surface area contributed by atoms with E-state index in [9.17, 15) is 18.6 Å². The molecule has 86 valence electrons. The van der Waals surface area contributed by atoms with Crippen LogP contribution in [0.3, 0.4) is 0 Å². The molecule has 0 unspecified atom stereocenters. The van der Waals surface area contributed by atoms with Crippen LogP contribution in [0.2, 0.25) is 0 Å². The molecule has 0 radical (unpaired) electrons. The Morgan fingerprint density at radius 2 is 1.65 bits per heavy atom. The van der Waals surface area contributed by atoms with Crippen LogP contribution in [0.4, 0.5) is 0 Å². The van der Waals surface area contributed by atoms with Crippen LogP contribution in [0, 0.1) is 0 Å². The van der Waals surface area contributed by atoms with Gasteiger partial charge in [-0.1, -0.05) is 6.07 Å². The van der Waals surface area contributed by atoms with E-state index in [1.54, 1.807) is 0 Å². The van der Waals surface area contributed by atoms with Crippen LogP contribution >= 0.6 is 0 Å². The van der Waals surface area contributed by atoms with Crippen LogP contribution in [-0.4, -0.2) is 52.7 Å². The minimum absolute atomic E-state index is 0. The number of rotatable bonds is 1. The first-order valence-electron chi connectivity index (χ1n) is 4.31. The Morgan fingerprint density at radius 1 is 1.00 bits per heavy atom. The molecule has 17 heavy (non-hydrogen) atoms. The van der Waals surface area contributed by atoms with Crippen molar-refractivity contribution in [2.24, 2.45) is 0 Å². The van der Waals surface area contributed by atoms with Crippen molar-refractivity contribution < 1.29 is 23.2 Å². The Kier molecular flexibility index (Phi) is 4.06. The van der Waals surface area contributed by atoms with E-state index in [-0.39, 0.29) is 51.3 Å². The van der Waals surface area contributed by atoms with Gasteiger partial charge in [-0.2, -0.15) is 8.42 Å². The van der Waals surface area contributed by atoms with Gasteiger partial charge in [0.1, 0.15) is 11.5 Å². The first-order chi connectivity index (χ1) is 7.38. The van der Waals surface area contributed by atoms with Gasteiger partial charge in [-0.05, 0) is 23.6 Å². The van der Waals surface area contributed by atoms with Crippen molar-refractivity contribution in [3.63, 3.8) is 0 Å². The quantitative estimate of drug-likeness (QED) is 0.524. The van der Waals surface area contributed by atoms with E-state index in [2.05, 4.69) is 0 Å². The third kappa shape index (κ3) is 2.91. The van der Waals surface area contributed by atoms with Gasteiger partial charge in [-0.25, -0.2) is 0 Å². The Balaban J connectivity index is 0.00000144. The van der Waals surface area contributed by atoms with Gasteiger partial charge in [0.2, 0.25) is 0 Å². The maximum absolute atomic E-state index is 10.9. The zero-order valence-corrected chi connectivity index (χ0v) is 8.77. The number of hydrogen-bond acceptors (Lipinski definition) is 4. The summed E-state index contributed by atoms with van der Waals surface area (Å²) in [5.74, 6) is -0.370. The fourth-order valence-electron chi connectivity index (χ4n) is 1.46. The fraction of sp³-hybridized carbons (Fsp3) is 0. The molecule has 0 atom stereocenters. The maximum atomic E-state index is 10.9. The number of hydrogen-bond donors (Lipinski definition) is 3. The van der Waals surface area contributed by atoms with Crippen molar-refractivity contribution in [1.82, 2.24) is 0 Å². The molecule has 0 fully saturated rings. The van der Waals surface area contributed by atoms with Crippen LogP contribution in [0.15, 0.2) is 35.2 Å². The van der Waals surface area contributed by atoms with Crippen LogP contribution < -0.4 is 0 Å². The summed E-state index contributed by atoms with van der Waals surface area (Å²) in [7, 11) is -4.29. The van der Waals surface area contributed by atoms with E-state index in [4.69, 9.17) is 4.55 Å². The second-order valence-corrected chi connectivity index (χ2v) is 4.74. The van der Waals surface area contributed by atoms with E-state index in [0.717, 1.165) is 12.1 Å². The zero-order valence-electron chi connectivity index (χ0n) is 7.95. The fourth-order valence-corrected chi connectivity index (χ4v) is 1.97. The molecule has 5 nitrogen and oxygen atoms in total. The number of aromatic hydroxyl groups is 2. The van der Waals surface area contributed by atoms with E-state index in [1.807, 2.05) is 0 Å². The standard InChI is InChI=1S/C10H8O5S.Na.H/c11-7-3-6-1-2-8(16(13,14)15)5-9(6)10(12)4-7;;/h1-5,11-12H,(H,13,14,15);;. The van der Waals surface area contributed by atoms with Crippen molar-refractivity contribution in [1.29, 1.82) is 0 Å². The molecule has 2 aromatic rings. The average molecular weight is 264 g/mol. The van der Waals surface area contributed by atoms with Crippen LogP contribution in [0.1, 0.15) is 0 Å². The third-order valence-electron chi connectivity index (χ3n) is 2.19. The molecule has 0 heterocycles. The summed E-state index contributed by atoms with van der Waals surface area (Å²) in [6, 6.07) is 6.19. The van der Waals surface area contributed by atoms with Crippen molar-refractivity contribution in [2.75, 3.05) is 0 Å². The molecule has 0 aromatic heterocycles. The van der Waals surface area contributed by atoms with Gasteiger partial charge < -0.3 is 10.2 Å². The second-order valence-electron chi connectivity index (χ2n) is 3.32. The summed E-state index contributed by atoms with van der Waals surface area (Å²) < 4.78 is 30.6. The van der Waals surface area contributed by atoms with E-state index in [1.165, 1.54) is 18.2 Å². The molecule has 2 rings (SSSR count). The first-order valence-corrected chi connectivity index (χ1v) is 5.75. The van der Waals surface area contributed by atoms with Gasteiger partial charge in [0, 0.05) is 11.5 Å². The van der Waals surface area contributed by atoms with Gasteiger partial charge >= 0.3 is 29.6 Å². The topological polar surface area (TPSA) is 94.8 Å². The van der Waals surface area contributed by atoms with Crippen molar-refractivity contribution in [3.05, 3.63) is 30.3 Å². The molecule has 0 bridgehead atoms. The summed E-state index contributed by atoms with van der Waals surface area (Å²) in [4.78, 5) is -0.305. The van der Waals surface area contributed by atoms with Crippen molar-refractivity contribution in [2.45, 2.75) is 4.90 Å². The molecule has 0 spiro atoms. The van der Waals surface area contributed by atoms with E-state index in [0.29, 0.717) is 5.39 Å². The molecule has 0 aliphatic rings. The summed E-state index contributed by atoms with van der Waals surface area (Å²) in [6.07, 6.45) is 0. The molecule has 2 aromatic carbocycles. The first kappa shape index (κ1) is 14.3. The summed E-state index contributed by atoms with van der Waals surface area (Å²) in [6.45, 7) is 0. The van der Waals surface area contributed by atoms with Gasteiger partial charge in [0.15, 0.2) is 0 Å². The Bertz CT molecular complexity index is 666. The summed E-state index contributed by atoms with van der Waals surface area (Å²) in [5.41, 5.74) is 0. The van der Waals surface area contributed by atoms with Crippen molar-refractivity contribution in [3.8, 4) is 11.5 Å². The molecule has 0 saturated heterocycles. The number of phenolic OH excluding ortho intramolecular Hbond substituents is 2. The predicted octanol–water partition coefficient (Wildman–Crippen LogP) is 0.849. The summed E-state index contributed by atoms with van der Waals surface area (Å²) >= 11 is 0. The van der Waals surface area contributed by atoms with Gasteiger partial charge in [0.05, 0.1) is 4.90 Å². The molecule has 0 aliphatic heterocycles. The molecule has 0 saturated carbocycles. The number of fused-ring (bicyclic) bond motifs is 1. The van der Waals surface area contributed by atoms with Crippen LogP contribution in [-0.2, 0) is 10.1 Å². The Labute approximate surface area is 120 Å². The van der Waals surface area contributed by atoms with Gasteiger partial charge in [-0.15, -0.1) is 0 Å². The molecule has 0 aliphatic carbocycles. The Hall–Kier alpha value is -0.790. The number of phenols is 2. The van der Waals surface area contributed by atoms with Crippen LogP contribution in [0.25, 0.3) is 10.8 Å². The SMILES string of the molecule is O=S(=O)(O)c1ccc2cc(O)cc(O)c2c1.[NaH]. The molecule has 7 heteroatoms. The Morgan fingerprint density at radius 3 is 2.24 bits per heavy atom. The third-order valence-corrected chi connectivity index (χ3v) is 3.04. The number of benzene rings is 2. The molecular formula is C10H9NaO5S. The molecule has 0 amide bonds. The van der Waals surface area contributed by atoms with Crippen molar-refractivity contribution >= 4 is 50.4 Å². The van der Waals surface area contributed by atoms with E-state index >= 15 is 0 Å². The van der Waals surface area contributed by atoms with E-state index < -0.39 is 10.1 Å². The predicted molar refractivity (Wildman–Crippen MR) is 64.2 cm³/mol. The molecular weight excluding hydrogens is 255 g/mol. The normalized spacial score (nSPS) is 11.1. The average Bonchev–Trinajstić information content (AvgIpc) is 2.15. The minimum atomic E-state index is -4.29. The monoisotopic (exact) mass is 264 g/mol. The second kappa shape index (κ2) is 4.83. The van der Waals surface area contributed by atoms with Gasteiger partial charge in [-0.3, -0.25) is 4.55 Å².